The Morgan fingerprint density at radius 1 is 1.40 bits per heavy atom. The molecule has 0 aliphatic heterocycles. The summed E-state index contributed by atoms with van der Waals surface area (Å²) in [5, 5.41) is 0. The van der Waals surface area contributed by atoms with Crippen LogP contribution in [-0.2, 0) is 4.74 Å². The molecule has 0 fully saturated rings. The van der Waals surface area contributed by atoms with E-state index in [0.29, 0.717) is 6.61 Å². The largest absolute Gasteiger partial charge is 0.442 e. The van der Waals surface area contributed by atoms with Crippen LogP contribution in [0.3, 0.4) is 0 Å². The van der Waals surface area contributed by atoms with Crippen LogP contribution in [-0.4, -0.2) is 6.61 Å². The molecule has 0 aromatic rings. The van der Waals surface area contributed by atoms with E-state index >= 15 is 0 Å². The summed E-state index contributed by atoms with van der Waals surface area (Å²) in [5.41, 5.74) is 0. The van der Waals surface area contributed by atoms with E-state index in [1.165, 1.54) is 0 Å². The molecular formula is C9H12O. The number of allylic oxidation sites excluding steroid dienone is 3. The highest BCUT2D eigenvalue weighted by molar-refractivity contribution is 5.01. The fourth-order valence-corrected chi connectivity index (χ4v) is 0.407. The Kier molecular flexibility index (Phi) is 6.93. The zero-order chi connectivity index (χ0) is 7.66. The van der Waals surface area contributed by atoms with Crippen molar-refractivity contribution in [1.29, 1.82) is 0 Å². The van der Waals surface area contributed by atoms with E-state index in [1.54, 1.807) is 6.92 Å². The van der Waals surface area contributed by atoms with Gasteiger partial charge >= 0.3 is 0 Å². The van der Waals surface area contributed by atoms with Crippen molar-refractivity contribution in [2.24, 2.45) is 0 Å². The average molecular weight is 136 g/mol. The van der Waals surface area contributed by atoms with E-state index in [0.717, 1.165) is 0 Å². The summed E-state index contributed by atoms with van der Waals surface area (Å²) in [7, 11) is 0. The predicted molar refractivity (Wildman–Crippen MR) is 43.4 cm³/mol. The second-order valence-electron chi connectivity index (χ2n) is 1.62. The summed E-state index contributed by atoms with van der Waals surface area (Å²) < 4.78 is 4.85. The molecule has 0 saturated carbocycles. The molecule has 10 heavy (non-hydrogen) atoms. The van der Waals surface area contributed by atoms with Crippen molar-refractivity contribution in [1.82, 2.24) is 0 Å². The van der Waals surface area contributed by atoms with Gasteiger partial charge in [-0.15, -0.1) is 0 Å². The Bertz CT molecular complexity index is 167. The maximum Gasteiger partial charge on any atom is 0.119 e. The first-order chi connectivity index (χ1) is 4.91. The van der Waals surface area contributed by atoms with E-state index < -0.39 is 0 Å². The molecule has 0 atom stereocenters. The smallest absolute Gasteiger partial charge is 0.119 e. The molecule has 0 radical (unpaired) electrons. The summed E-state index contributed by atoms with van der Waals surface area (Å²) >= 11 is 0. The Morgan fingerprint density at radius 2 is 2.20 bits per heavy atom. The van der Waals surface area contributed by atoms with Crippen molar-refractivity contribution in [3.8, 4) is 12.0 Å². The lowest BCUT2D eigenvalue weighted by atomic mass is 10.4. The summed E-state index contributed by atoms with van der Waals surface area (Å²) in [6.07, 6.45) is 10.2. The molecule has 0 aliphatic carbocycles. The van der Waals surface area contributed by atoms with Crippen LogP contribution >= 0.6 is 0 Å². The van der Waals surface area contributed by atoms with E-state index in [-0.39, 0.29) is 0 Å². The fraction of sp³-hybridized carbons (Fsp3) is 0.333. The molecule has 0 bridgehead atoms. The molecular weight excluding hydrogens is 124 g/mol. The Labute approximate surface area is 62.4 Å². The summed E-state index contributed by atoms with van der Waals surface area (Å²) in [4.78, 5) is 0. The van der Waals surface area contributed by atoms with Crippen molar-refractivity contribution < 1.29 is 4.74 Å². The first-order valence-corrected chi connectivity index (χ1v) is 3.23. The molecule has 0 N–H and O–H groups in total. The third-order valence-electron chi connectivity index (χ3n) is 0.793. The van der Waals surface area contributed by atoms with Gasteiger partial charge in [0.1, 0.15) is 12.7 Å². The molecule has 0 amide bonds. The standard InChI is InChI=1S/C9H12O/c1-3-5-6-7-9-10-8-4-2/h3,5-7H,9H2,1-2H3/b5-3+,7-6+. The van der Waals surface area contributed by atoms with Crippen molar-refractivity contribution in [3.63, 3.8) is 0 Å². The van der Waals surface area contributed by atoms with E-state index in [9.17, 15) is 0 Å². The molecule has 54 valence electrons. The van der Waals surface area contributed by atoms with Gasteiger partial charge in [-0.2, -0.15) is 0 Å². The van der Waals surface area contributed by atoms with E-state index in [1.807, 2.05) is 31.2 Å². The second-order valence-corrected chi connectivity index (χ2v) is 1.62. The third kappa shape index (κ3) is 6.84. The highest BCUT2D eigenvalue weighted by Crippen LogP contribution is 1.77. The highest BCUT2D eigenvalue weighted by atomic mass is 16.5. The lowest BCUT2D eigenvalue weighted by Crippen LogP contribution is -1.79. The zero-order valence-corrected chi connectivity index (χ0v) is 6.42. The average Bonchev–Trinajstić information content (AvgIpc) is 1.97. The van der Waals surface area contributed by atoms with Gasteiger partial charge in [0, 0.05) is 6.92 Å². The normalized spacial score (nSPS) is 9.80. The SMILES string of the molecule is CC#COC/C=C/C=C/C. The first-order valence-electron chi connectivity index (χ1n) is 3.23. The van der Waals surface area contributed by atoms with Crippen molar-refractivity contribution in [2.75, 3.05) is 6.61 Å². The lowest BCUT2D eigenvalue weighted by molar-refractivity contribution is 0.321. The summed E-state index contributed by atoms with van der Waals surface area (Å²) in [6.45, 7) is 4.28. The van der Waals surface area contributed by atoms with Gasteiger partial charge in [-0.3, -0.25) is 0 Å². The van der Waals surface area contributed by atoms with E-state index in [4.69, 9.17) is 4.74 Å². The van der Waals surface area contributed by atoms with Gasteiger partial charge in [0.05, 0.1) is 0 Å². The predicted octanol–water partition coefficient (Wildman–Crippen LogP) is 2.12. The first kappa shape index (κ1) is 8.84. The number of rotatable bonds is 3. The number of hydrogen-bond donors (Lipinski definition) is 0. The van der Waals surface area contributed by atoms with Crippen LogP contribution in [0.4, 0.5) is 0 Å². The lowest BCUT2D eigenvalue weighted by Gasteiger charge is -1.85. The van der Waals surface area contributed by atoms with Gasteiger partial charge in [-0.05, 0) is 13.0 Å². The number of ether oxygens (including phenoxy) is 1. The summed E-state index contributed by atoms with van der Waals surface area (Å²) in [6, 6.07) is 0. The molecule has 0 spiro atoms. The summed E-state index contributed by atoms with van der Waals surface area (Å²) in [5.74, 6) is 2.63. The molecule has 0 rings (SSSR count). The van der Waals surface area contributed by atoms with Crippen molar-refractivity contribution >= 4 is 0 Å². The Balaban J connectivity index is 3.24. The van der Waals surface area contributed by atoms with Crippen LogP contribution in [0.15, 0.2) is 24.3 Å². The fourth-order valence-electron chi connectivity index (χ4n) is 0.407. The molecule has 1 heteroatoms. The van der Waals surface area contributed by atoms with Crippen LogP contribution < -0.4 is 0 Å². The maximum atomic E-state index is 4.85. The molecule has 0 aromatic heterocycles. The topological polar surface area (TPSA) is 9.23 Å². The minimum absolute atomic E-state index is 0.561. The zero-order valence-electron chi connectivity index (χ0n) is 6.42. The Hall–Kier alpha value is -1.16. The minimum atomic E-state index is 0.561. The quantitative estimate of drug-likeness (QED) is 0.328. The van der Waals surface area contributed by atoms with Gasteiger partial charge in [-0.25, -0.2) is 0 Å². The molecule has 0 unspecified atom stereocenters. The number of hydrogen-bond acceptors (Lipinski definition) is 1. The highest BCUT2D eigenvalue weighted by Gasteiger charge is 1.69. The van der Waals surface area contributed by atoms with Gasteiger partial charge in [-0.1, -0.05) is 24.1 Å². The van der Waals surface area contributed by atoms with Crippen LogP contribution in [0.2, 0.25) is 0 Å². The molecule has 0 saturated heterocycles. The third-order valence-corrected chi connectivity index (χ3v) is 0.793. The second kappa shape index (κ2) is 7.84. The van der Waals surface area contributed by atoms with Crippen LogP contribution in [0.5, 0.6) is 0 Å². The molecule has 0 heterocycles. The minimum Gasteiger partial charge on any atom is -0.442 e. The van der Waals surface area contributed by atoms with E-state index in [2.05, 4.69) is 12.0 Å². The molecule has 0 aromatic carbocycles. The van der Waals surface area contributed by atoms with Crippen LogP contribution in [0.25, 0.3) is 0 Å². The van der Waals surface area contributed by atoms with Gasteiger partial charge < -0.3 is 4.74 Å². The van der Waals surface area contributed by atoms with Crippen LogP contribution in [0.1, 0.15) is 13.8 Å². The van der Waals surface area contributed by atoms with Gasteiger partial charge in [0.2, 0.25) is 0 Å². The monoisotopic (exact) mass is 136 g/mol. The molecule has 0 aliphatic rings. The van der Waals surface area contributed by atoms with Crippen LogP contribution in [0, 0.1) is 12.0 Å². The maximum absolute atomic E-state index is 4.85. The van der Waals surface area contributed by atoms with Crippen molar-refractivity contribution in [3.05, 3.63) is 24.3 Å². The van der Waals surface area contributed by atoms with Crippen molar-refractivity contribution in [2.45, 2.75) is 13.8 Å². The Morgan fingerprint density at radius 3 is 2.80 bits per heavy atom. The van der Waals surface area contributed by atoms with Gasteiger partial charge in [0.15, 0.2) is 0 Å². The molecule has 1 nitrogen and oxygen atoms in total. The van der Waals surface area contributed by atoms with Gasteiger partial charge in [0.25, 0.3) is 0 Å².